The van der Waals surface area contributed by atoms with Gasteiger partial charge in [0.1, 0.15) is 0 Å². The van der Waals surface area contributed by atoms with Crippen LogP contribution >= 0.6 is 0 Å². The van der Waals surface area contributed by atoms with E-state index >= 15 is 0 Å². The predicted octanol–water partition coefficient (Wildman–Crippen LogP) is -0.697. The molecule has 0 aliphatic carbocycles. The lowest BCUT2D eigenvalue weighted by Crippen LogP contribution is -2.55. The van der Waals surface area contributed by atoms with Gasteiger partial charge >= 0.3 is 0 Å². The molecule has 112 valence electrons. The Morgan fingerprint density at radius 1 is 0.950 bits per heavy atom. The van der Waals surface area contributed by atoms with Gasteiger partial charge in [0.15, 0.2) is 0 Å². The Hall–Kier alpha value is -1.14. The molecular weight excluding hydrogens is 258 g/mol. The lowest BCUT2D eigenvalue weighted by molar-refractivity contribution is -0.146. The molecule has 6 heteroatoms. The number of piperidine rings is 1. The molecule has 0 spiro atoms. The summed E-state index contributed by atoms with van der Waals surface area (Å²) in [6.45, 7) is 5.64. The number of nitrogens with one attached hydrogen (secondary N) is 1. The smallest absolute Gasteiger partial charge is 0.228 e. The van der Waals surface area contributed by atoms with E-state index in [1.165, 1.54) is 0 Å². The van der Waals surface area contributed by atoms with Gasteiger partial charge in [-0.25, -0.2) is 0 Å². The third kappa shape index (κ3) is 2.81. The highest BCUT2D eigenvalue weighted by Crippen LogP contribution is 2.21. The number of ether oxygens (including phenoxy) is 1. The summed E-state index contributed by atoms with van der Waals surface area (Å²) in [6.07, 6.45) is 1.84. The SMILES string of the molecule is O=C(C1CCCN(C(=O)C2CNC2)C1)N1CCOCC1. The molecule has 0 aromatic rings. The highest BCUT2D eigenvalue weighted by Gasteiger charge is 2.35. The average Bonchev–Trinajstić information content (AvgIpc) is 2.46. The van der Waals surface area contributed by atoms with Gasteiger partial charge in [0.05, 0.1) is 25.0 Å². The number of rotatable bonds is 2. The highest BCUT2D eigenvalue weighted by atomic mass is 16.5. The maximum absolute atomic E-state index is 12.5. The van der Waals surface area contributed by atoms with Gasteiger partial charge in [-0.1, -0.05) is 0 Å². The zero-order valence-electron chi connectivity index (χ0n) is 11.8. The minimum atomic E-state index is -0.0150. The van der Waals surface area contributed by atoms with Gasteiger partial charge in [0, 0.05) is 39.3 Å². The van der Waals surface area contributed by atoms with Crippen molar-refractivity contribution in [2.45, 2.75) is 12.8 Å². The Bertz CT molecular complexity index is 378. The number of morpholine rings is 1. The van der Waals surface area contributed by atoms with E-state index in [-0.39, 0.29) is 23.7 Å². The summed E-state index contributed by atoms with van der Waals surface area (Å²) in [5, 5.41) is 3.13. The van der Waals surface area contributed by atoms with E-state index in [0.29, 0.717) is 32.8 Å². The largest absolute Gasteiger partial charge is 0.378 e. The molecule has 1 atom stereocenters. The number of nitrogens with zero attached hydrogens (tertiary/aromatic N) is 2. The van der Waals surface area contributed by atoms with Gasteiger partial charge in [-0.05, 0) is 12.8 Å². The van der Waals surface area contributed by atoms with Crippen LogP contribution < -0.4 is 5.32 Å². The van der Waals surface area contributed by atoms with Gasteiger partial charge in [0.2, 0.25) is 11.8 Å². The van der Waals surface area contributed by atoms with Crippen LogP contribution in [-0.4, -0.2) is 74.1 Å². The van der Waals surface area contributed by atoms with Crippen LogP contribution in [0.4, 0.5) is 0 Å². The fourth-order valence-electron chi connectivity index (χ4n) is 3.14. The third-order valence-electron chi connectivity index (χ3n) is 4.54. The summed E-state index contributed by atoms with van der Waals surface area (Å²) in [5.41, 5.74) is 0. The van der Waals surface area contributed by atoms with Crippen molar-refractivity contribution in [2.24, 2.45) is 11.8 Å². The Labute approximate surface area is 119 Å². The van der Waals surface area contributed by atoms with Crippen molar-refractivity contribution in [1.82, 2.24) is 15.1 Å². The van der Waals surface area contributed by atoms with E-state index in [4.69, 9.17) is 4.74 Å². The van der Waals surface area contributed by atoms with Crippen LogP contribution in [0.2, 0.25) is 0 Å². The molecule has 0 radical (unpaired) electrons. The van der Waals surface area contributed by atoms with Crippen molar-refractivity contribution in [3.63, 3.8) is 0 Å². The van der Waals surface area contributed by atoms with Crippen LogP contribution in [-0.2, 0) is 14.3 Å². The first-order chi connectivity index (χ1) is 9.75. The maximum Gasteiger partial charge on any atom is 0.228 e. The molecule has 3 rings (SSSR count). The van der Waals surface area contributed by atoms with Crippen LogP contribution in [0.25, 0.3) is 0 Å². The van der Waals surface area contributed by atoms with Gasteiger partial charge in [0.25, 0.3) is 0 Å². The summed E-state index contributed by atoms with van der Waals surface area (Å²) in [5.74, 6) is 0.548. The van der Waals surface area contributed by atoms with Crippen LogP contribution in [0.1, 0.15) is 12.8 Å². The molecule has 0 aromatic heterocycles. The molecule has 0 aromatic carbocycles. The molecule has 1 unspecified atom stereocenters. The summed E-state index contributed by atoms with van der Waals surface area (Å²) < 4.78 is 5.28. The molecule has 3 aliphatic heterocycles. The fourth-order valence-corrected chi connectivity index (χ4v) is 3.14. The van der Waals surface area contributed by atoms with Gasteiger partial charge in [-0.3, -0.25) is 9.59 Å². The zero-order valence-corrected chi connectivity index (χ0v) is 11.8. The number of likely N-dealkylation sites (tertiary alicyclic amines) is 1. The van der Waals surface area contributed by atoms with Crippen LogP contribution in [0.5, 0.6) is 0 Å². The van der Waals surface area contributed by atoms with Crippen molar-refractivity contribution >= 4 is 11.8 Å². The zero-order chi connectivity index (χ0) is 13.9. The minimum absolute atomic E-state index is 0.0150. The molecule has 1 N–H and O–H groups in total. The number of carbonyl (C=O) groups is 2. The molecule has 0 bridgehead atoms. The lowest BCUT2D eigenvalue weighted by atomic mass is 9.93. The Balaban J connectivity index is 1.56. The lowest BCUT2D eigenvalue weighted by Gasteiger charge is -2.39. The highest BCUT2D eigenvalue weighted by molar-refractivity contribution is 5.83. The second-order valence-corrected chi connectivity index (χ2v) is 5.92. The van der Waals surface area contributed by atoms with Gasteiger partial charge < -0.3 is 19.9 Å². The predicted molar refractivity (Wildman–Crippen MR) is 73.1 cm³/mol. The number of hydrogen-bond donors (Lipinski definition) is 1. The molecule has 0 saturated carbocycles. The topological polar surface area (TPSA) is 61.9 Å². The van der Waals surface area contributed by atoms with E-state index in [0.717, 1.165) is 32.5 Å². The third-order valence-corrected chi connectivity index (χ3v) is 4.54. The first-order valence-electron chi connectivity index (χ1n) is 7.62. The number of carbonyl (C=O) groups excluding carboxylic acids is 2. The van der Waals surface area contributed by atoms with E-state index in [1.807, 2.05) is 9.80 Å². The van der Waals surface area contributed by atoms with Gasteiger partial charge in [-0.15, -0.1) is 0 Å². The standard InChI is InChI=1S/C14H23N3O3/c18-13(16-4-6-20-7-5-16)11-2-1-3-17(10-11)14(19)12-8-15-9-12/h11-12,15H,1-10H2. The van der Waals surface area contributed by atoms with Crippen molar-refractivity contribution < 1.29 is 14.3 Å². The van der Waals surface area contributed by atoms with Crippen LogP contribution in [0.15, 0.2) is 0 Å². The number of amides is 2. The molecule has 3 saturated heterocycles. The second-order valence-electron chi connectivity index (χ2n) is 5.92. The molecule has 6 nitrogen and oxygen atoms in total. The molecule has 3 aliphatic rings. The first kappa shape index (κ1) is 13.8. The molecular formula is C14H23N3O3. The molecule has 2 amide bonds. The van der Waals surface area contributed by atoms with Crippen molar-refractivity contribution in [3.8, 4) is 0 Å². The van der Waals surface area contributed by atoms with E-state index < -0.39 is 0 Å². The molecule has 3 heterocycles. The number of hydrogen-bond acceptors (Lipinski definition) is 4. The monoisotopic (exact) mass is 281 g/mol. The Morgan fingerprint density at radius 3 is 2.30 bits per heavy atom. The molecule has 20 heavy (non-hydrogen) atoms. The first-order valence-corrected chi connectivity index (χ1v) is 7.62. The van der Waals surface area contributed by atoms with Crippen LogP contribution in [0, 0.1) is 11.8 Å². The van der Waals surface area contributed by atoms with Crippen molar-refractivity contribution in [3.05, 3.63) is 0 Å². The Morgan fingerprint density at radius 2 is 1.65 bits per heavy atom. The summed E-state index contributed by atoms with van der Waals surface area (Å²) in [7, 11) is 0. The summed E-state index contributed by atoms with van der Waals surface area (Å²) in [4.78, 5) is 28.6. The second kappa shape index (κ2) is 6.10. The maximum atomic E-state index is 12.5. The van der Waals surface area contributed by atoms with Crippen molar-refractivity contribution in [2.75, 3.05) is 52.5 Å². The van der Waals surface area contributed by atoms with E-state index in [2.05, 4.69) is 5.32 Å². The van der Waals surface area contributed by atoms with Crippen LogP contribution in [0.3, 0.4) is 0 Å². The Kier molecular flexibility index (Phi) is 4.21. The van der Waals surface area contributed by atoms with E-state index in [9.17, 15) is 9.59 Å². The molecule has 3 fully saturated rings. The quantitative estimate of drug-likeness (QED) is 0.727. The summed E-state index contributed by atoms with van der Waals surface area (Å²) >= 11 is 0. The van der Waals surface area contributed by atoms with Gasteiger partial charge in [-0.2, -0.15) is 0 Å². The minimum Gasteiger partial charge on any atom is -0.378 e. The normalized spacial score (nSPS) is 28.1. The summed E-state index contributed by atoms with van der Waals surface area (Å²) in [6, 6.07) is 0. The average molecular weight is 281 g/mol. The van der Waals surface area contributed by atoms with E-state index in [1.54, 1.807) is 0 Å². The fraction of sp³-hybridized carbons (Fsp3) is 0.857. The van der Waals surface area contributed by atoms with Crippen molar-refractivity contribution in [1.29, 1.82) is 0 Å².